The van der Waals surface area contributed by atoms with Crippen LogP contribution in [0.3, 0.4) is 0 Å². The van der Waals surface area contributed by atoms with Gasteiger partial charge in [0.25, 0.3) is 0 Å². The maximum absolute atomic E-state index is 11.3. The van der Waals surface area contributed by atoms with Crippen molar-refractivity contribution in [3.8, 4) is 33.2 Å². The van der Waals surface area contributed by atoms with Gasteiger partial charge in [-0.2, -0.15) is 12.6 Å². The van der Waals surface area contributed by atoms with Crippen LogP contribution >= 0.6 is 24.0 Å². The number of carbonyl (C=O) groups is 1. The molecule has 1 unspecified atom stereocenters. The summed E-state index contributed by atoms with van der Waals surface area (Å²) in [5.41, 5.74) is 2.54. The van der Waals surface area contributed by atoms with Gasteiger partial charge >= 0.3 is 5.97 Å². The van der Waals surface area contributed by atoms with Crippen LogP contribution in [0.5, 0.6) is 11.5 Å². The number of aliphatic carboxylic acids is 1. The third-order valence-electron chi connectivity index (χ3n) is 3.83. The summed E-state index contributed by atoms with van der Waals surface area (Å²) in [6.45, 7) is 0. The molecule has 1 atom stereocenters. The summed E-state index contributed by atoms with van der Waals surface area (Å²) in [5, 5.41) is 8.74. The number of hydrogen-bond acceptors (Lipinski definition) is 6. The van der Waals surface area contributed by atoms with Crippen molar-refractivity contribution < 1.29 is 19.4 Å². The van der Waals surface area contributed by atoms with Gasteiger partial charge in [-0.25, -0.2) is 4.98 Å². The Hall–Kier alpha value is -2.51. The number of nitrogens with zero attached hydrogens (tertiary/aromatic N) is 1. The van der Waals surface area contributed by atoms with Crippen LogP contribution < -0.4 is 9.47 Å². The lowest BCUT2D eigenvalue weighted by molar-refractivity contribution is -0.136. The number of ether oxygens (including phenoxy) is 2. The predicted octanol–water partition coefficient (Wildman–Crippen LogP) is 4.55. The second kappa shape index (κ2) is 7.80. The van der Waals surface area contributed by atoms with Crippen LogP contribution in [0.2, 0.25) is 0 Å². The highest BCUT2D eigenvalue weighted by molar-refractivity contribution is 7.81. The molecule has 0 aliphatic rings. The fraction of sp³-hybridized carbons (Fsp3) is 0.158. The Kier molecular flexibility index (Phi) is 5.49. The van der Waals surface area contributed by atoms with E-state index in [9.17, 15) is 9.90 Å². The molecule has 2 aromatic carbocycles. The number of thiol groups is 1. The molecule has 26 heavy (non-hydrogen) atoms. The molecule has 3 rings (SSSR count). The normalized spacial score (nSPS) is 11.8. The molecule has 0 saturated heterocycles. The van der Waals surface area contributed by atoms with Gasteiger partial charge in [0.2, 0.25) is 0 Å². The summed E-state index contributed by atoms with van der Waals surface area (Å²) in [6.07, 6.45) is 0. The van der Waals surface area contributed by atoms with E-state index >= 15 is 0 Å². The Morgan fingerprint density at radius 3 is 1.96 bits per heavy atom. The highest BCUT2D eigenvalue weighted by Gasteiger charge is 2.23. The number of thiazole rings is 1. The summed E-state index contributed by atoms with van der Waals surface area (Å²) in [7, 11) is 3.22. The van der Waals surface area contributed by atoms with Crippen LogP contribution in [-0.4, -0.2) is 30.3 Å². The molecule has 1 N–H and O–H groups in total. The van der Waals surface area contributed by atoms with Crippen molar-refractivity contribution in [1.82, 2.24) is 4.98 Å². The molecule has 5 nitrogen and oxygen atoms in total. The topological polar surface area (TPSA) is 68.7 Å². The van der Waals surface area contributed by atoms with E-state index in [1.165, 1.54) is 11.3 Å². The van der Waals surface area contributed by atoms with Crippen LogP contribution in [0, 0.1) is 0 Å². The zero-order chi connectivity index (χ0) is 18.7. The minimum absolute atomic E-state index is 0.442. The Bertz CT molecular complexity index is 839. The van der Waals surface area contributed by atoms with E-state index in [2.05, 4.69) is 17.6 Å². The van der Waals surface area contributed by atoms with Crippen molar-refractivity contribution in [1.29, 1.82) is 0 Å². The van der Waals surface area contributed by atoms with Gasteiger partial charge in [0, 0.05) is 5.56 Å². The molecule has 0 amide bonds. The number of carboxylic acid groups (broad SMARTS) is 1. The molecule has 0 aliphatic heterocycles. The van der Waals surface area contributed by atoms with E-state index in [0.717, 1.165) is 33.2 Å². The van der Waals surface area contributed by atoms with E-state index in [4.69, 9.17) is 9.47 Å². The van der Waals surface area contributed by atoms with Crippen molar-refractivity contribution >= 4 is 29.9 Å². The molecule has 3 aromatic rings. The number of carboxylic acids is 1. The quantitative estimate of drug-likeness (QED) is 0.607. The summed E-state index contributed by atoms with van der Waals surface area (Å²) in [4.78, 5) is 16.8. The Morgan fingerprint density at radius 2 is 1.50 bits per heavy atom. The molecule has 134 valence electrons. The number of aromatic nitrogens is 1. The summed E-state index contributed by atoms with van der Waals surface area (Å²) < 4.78 is 10.4. The van der Waals surface area contributed by atoms with Crippen molar-refractivity contribution in [2.75, 3.05) is 14.2 Å². The second-order valence-corrected chi connectivity index (χ2v) is 6.97. The molecule has 0 fully saturated rings. The Labute approximate surface area is 160 Å². The summed E-state index contributed by atoms with van der Waals surface area (Å²) >= 11 is 5.50. The van der Waals surface area contributed by atoms with Gasteiger partial charge in [0.05, 0.1) is 24.8 Å². The van der Waals surface area contributed by atoms with Crippen LogP contribution in [0.1, 0.15) is 10.3 Å². The van der Waals surface area contributed by atoms with E-state index in [-0.39, 0.29) is 0 Å². The highest BCUT2D eigenvalue weighted by Crippen LogP contribution is 2.40. The highest BCUT2D eigenvalue weighted by atomic mass is 32.1. The average Bonchev–Trinajstić information content (AvgIpc) is 3.12. The van der Waals surface area contributed by atoms with E-state index < -0.39 is 11.2 Å². The lowest BCUT2D eigenvalue weighted by Gasteiger charge is -2.05. The van der Waals surface area contributed by atoms with E-state index in [1.54, 1.807) is 14.2 Å². The number of hydrogen-bond donors (Lipinski definition) is 2. The van der Waals surface area contributed by atoms with Gasteiger partial charge in [0.15, 0.2) is 5.25 Å². The van der Waals surface area contributed by atoms with Gasteiger partial charge in [-0.05, 0) is 54.1 Å². The lowest BCUT2D eigenvalue weighted by Crippen LogP contribution is -2.04. The first-order valence-electron chi connectivity index (χ1n) is 7.74. The van der Waals surface area contributed by atoms with Crippen LogP contribution in [0.15, 0.2) is 48.5 Å². The SMILES string of the molecule is COc1ccc(-c2nc(C(S)C(=O)O)sc2-c2ccc(OC)cc2)cc1. The lowest BCUT2D eigenvalue weighted by atomic mass is 10.1. The molecule has 1 aromatic heterocycles. The Balaban J connectivity index is 2.11. The molecule has 0 bridgehead atoms. The average molecular weight is 387 g/mol. The van der Waals surface area contributed by atoms with Gasteiger partial charge in [-0.1, -0.05) is 0 Å². The first-order valence-corrected chi connectivity index (χ1v) is 9.07. The maximum Gasteiger partial charge on any atom is 0.323 e. The standard InChI is InChI=1S/C19H17NO4S2/c1-23-13-7-3-11(4-8-13)15-17(12-5-9-14(24-2)10-6-12)26-18(20-15)16(25)19(21)22/h3-10,16,25H,1-2H3,(H,21,22). The predicted molar refractivity (Wildman–Crippen MR) is 105 cm³/mol. The van der Waals surface area contributed by atoms with Crippen LogP contribution in [-0.2, 0) is 4.79 Å². The zero-order valence-electron chi connectivity index (χ0n) is 14.2. The second-order valence-electron chi connectivity index (χ2n) is 5.43. The van der Waals surface area contributed by atoms with Crippen molar-refractivity contribution in [3.63, 3.8) is 0 Å². The number of benzene rings is 2. The molecule has 0 spiro atoms. The van der Waals surface area contributed by atoms with Gasteiger partial charge in [-0.15, -0.1) is 11.3 Å². The molecule has 1 heterocycles. The molecular weight excluding hydrogens is 370 g/mol. The van der Waals surface area contributed by atoms with Crippen molar-refractivity contribution in [3.05, 3.63) is 53.5 Å². The fourth-order valence-corrected chi connectivity index (χ4v) is 3.73. The largest absolute Gasteiger partial charge is 0.497 e. The summed E-state index contributed by atoms with van der Waals surface area (Å²) in [5.74, 6) is 0.472. The monoisotopic (exact) mass is 387 g/mol. The molecule has 0 aliphatic carbocycles. The van der Waals surface area contributed by atoms with Crippen molar-refractivity contribution in [2.24, 2.45) is 0 Å². The third-order valence-corrected chi connectivity index (χ3v) is 5.64. The van der Waals surface area contributed by atoms with Gasteiger partial charge < -0.3 is 14.6 Å². The minimum atomic E-state index is -1.02. The fourth-order valence-electron chi connectivity index (χ4n) is 2.44. The maximum atomic E-state index is 11.3. The third kappa shape index (κ3) is 3.68. The molecule has 7 heteroatoms. The number of methoxy groups -OCH3 is 2. The molecular formula is C19H17NO4S2. The van der Waals surface area contributed by atoms with Gasteiger partial charge in [-0.3, -0.25) is 4.79 Å². The van der Waals surface area contributed by atoms with E-state index in [0.29, 0.717) is 5.01 Å². The smallest absolute Gasteiger partial charge is 0.323 e. The number of rotatable bonds is 6. The zero-order valence-corrected chi connectivity index (χ0v) is 15.9. The Morgan fingerprint density at radius 1 is 1.00 bits per heavy atom. The van der Waals surface area contributed by atoms with Crippen LogP contribution in [0.4, 0.5) is 0 Å². The van der Waals surface area contributed by atoms with E-state index in [1.807, 2.05) is 48.5 Å². The van der Waals surface area contributed by atoms with Crippen molar-refractivity contribution in [2.45, 2.75) is 5.25 Å². The molecule has 0 saturated carbocycles. The first-order chi connectivity index (χ1) is 12.5. The molecule has 0 radical (unpaired) electrons. The minimum Gasteiger partial charge on any atom is -0.497 e. The first kappa shape index (κ1) is 18.3. The van der Waals surface area contributed by atoms with Crippen LogP contribution in [0.25, 0.3) is 21.7 Å². The van der Waals surface area contributed by atoms with Gasteiger partial charge in [0.1, 0.15) is 16.5 Å². The summed E-state index contributed by atoms with van der Waals surface area (Å²) in [6, 6.07) is 15.1.